The van der Waals surface area contributed by atoms with Gasteiger partial charge in [0.05, 0.1) is 5.92 Å². The van der Waals surface area contributed by atoms with Crippen molar-refractivity contribution in [1.29, 1.82) is 0 Å². The fraction of sp³-hybridized carbons (Fsp3) is 0.556. The number of aromatic nitrogens is 2. The van der Waals surface area contributed by atoms with E-state index in [0.717, 1.165) is 44.2 Å². The van der Waals surface area contributed by atoms with Gasteiger partial charge in [0.2, 0.25) is 17.0 Å². The molecule has 0 radical (unpaired) electrons. The number of ether oxygens (including phenoxy) is 1. The summed E-state index contributed by atoms with van der Waals surface area (Å²) < 4.78 is 20.7. The lowest BCUT2D eigenvalue weighted by atomic mass is 9.92. The minimum Gasteiger partial charge on any atom is -0.445 e. The predicted molar refractivity (Wildman–Crippen MR) is 146 cm³/mol. The molecule has 2 bridgehead atoms. The summed E-state index contributed by atoms with van der Waals surface area (Å²) in [5.74, 6) is -1.23. The molecular weight excluding hydrogens is 525 g/mol. The average Bonchev–Trinajstić information content (AvgIpc) is 3.68. The molecule has 3 fully saturated rings. The average molecular weight is 560 g/mol. The fourth-order valence-electron chi connectivity index (χ4n) is 5.94. The smallest absolute Gasteiger partial charge is 0.407 e. The molecule has 39 heavy (non-hydrogen) atoms. The minimum absolute atomic E-state index is 0.0975. The van der Waals surface area contributed by atoms with Gasteiger partial charge in [0.1, 0.15) is 6.61 Å². The van der Waals surface area contributed by atoms with E-state index in [2.05, 4.69) is 38.1 Å². The number of amides is 2. The highest BCUT2D eigenvalue weighted by Gasteiger charge is 2.43. The molecule has 1 aliphatic carbocycles. The van der Waals surface area contributed by atoms with Gasteiger partial charge in [-0.25, -0.2) is 4.79 Å². The number of carbonyl (C=O) groups is 2. The first-order valence-electron chi connectivity index (χ1n) is 13.6. The fourth-order valence-corrected chi connectivity index (χ4v) is 6.11. The Morgan fingerprint density at radius 2 is 1.92 bits per heavy atom. The van der Waals surface area contributed by atoms with Crippen molar-refractivity contribution in [3.63, 3.8) is 0 Å². The number of hydrazine groups is 1. The third kappa shape index (κ3) is 6.70. The SMILES string of the molecule is CN1C[C@@H]2C[C@H]1CN2c1nc(Cl)nc(NNC(=O)[C@@H](CNC(=O)OCc2ccccc2)CC2CCCC2)c1F. The lowest BCUT2D eigenvalue weighted by molar-refractivity contribution is -0.124. The van der Waals surface area contributed by atoms with Crippen LogP contribution in [0.15, 0.2) is 30.3 Å². The van der Waals surface area contributed by atoms with Crippen molar-refractivity contribution in [2.45, 2.75) is 57.2 Å². The molecule has 1 aromatic carbocycles. The summed E-state index contributed by atoms with van der Waals surface area (Å²) in [4.78, 5) is 37.8. The van der Waals surface area contributed by atoms with Crippen LogP contribution in [0.2, 0.25) is 5.28 Å². The van der Waals surface area contributed by atoms with Crippen molar-refractivity contribution in [3.8, 4) is 0 Å². The Labute approximate surface area is 232 Å². The second kappa shape index (κ2) is 12.3. The molecule has 2 aliphatic heterocycles. The largest absolute Gasteiger partial charge is 0.445 e. The molecular formula is C27H35ClFN7O3. The van der Waals surface area contributed by atoms with Crippen LogP contribution in [0.3, 0.4) is 0 Å². The van der Waals surface area contributed by atoms with Gasteiger partial charge in [0.25, 0.3) is 0 Å². The number of nitrogens with one attached hydrogen (secondary N) is 3. The Kier molecular flexibility index (Phi) is 8.66. The number of likely N-dealkylation sites (N-methyl/N-ethyl adjacent to an activating group) is 1. The van der Waals surface area contributed by atoms with Crippen LogP contribution in [0.1, 0.15) is 44.1 Å². The first-order valence-corrected chi connectivity index (χ1v) is 14.0. The molecule has 1 saturated carbocycles. The zero-order chi connectivity index (χ0) is 27.4. The highest BCUT2D eigenvalue weighted by molar-refractivity contribution is 6.28. The van der Waals surface area contributed by atoms with Crippen molar-refractivity contribution in [3.05, 3.63) is 47.0 Å². The van der Waals surface area contributed by atoms with Gasteiger partial charge in [-0.2, -0.15) is 14.4 Å². The Morgan fingerprint density at radius 3 is 2.62 bits per heavy atom. The number of piperazine rings is 1. The van der Waals surface area contributed by atoms with Gasteiger partial charge in [-0.1, -0.05) is 56.0 Å². The first kappa shape index (κ1) is 27.4. The summed E-state index contributed by atoms with van der Waals surface area (Å²) in [7, 11) is 2.06. The second-order valence-electron chi connectivity index (χ2n) is 10.8. The normalized spacial score (nSPS) is 21.7. The first-order chi connectivity index (χ1) is 18.9. The molecule has 210 valence electrons. The number of halogens is 2. The topological polar surface area (TPSA) is 112 Å². The molecule has 5 rings (SSSR count). The summed E-state index contributed by atoms with van der Waals surface area (Å²) in [5, 5.41) is 2.60. The van der Waals surface area contributed by atoms with E-state index in [0.29, 0.717) is 24.9 Å². The van der Waals surface area contributed by atoms with Crippen LogP contribution >= 0.6 is 11.6 Å². The molecule has 3 heterocycles. The maximum atomic E-state index is 15.5. The van der Waals surface area contributed by atoms with Crippen molar-refractivity contribution >= 4 is 35.2 Å². The summed E-state index contributed by atoms with van der Waals surface area (Å²) in [6.45, 7) is 1.72. The van der Waals surface area contributed by atoms with E-state index in [9.17, 15) is 9.59 Å². The van der Waals surface area contributed by atoms with Crippen LogP contribution in [-0.2, 0) is 16.1 Å². The molecule has 3 aliphatic rings. The van der Waals surface area contributed by atoms with E-state index in [1.165, 1.54) is 0 Å². The van der Waals surface area contributed by atoms with Gasteiger partial charge in [0, 0.05) is 31.7 Å². The van der Waals surface area contributed by atoms with Crippen LogP contribution < -0.4 is 21.1 Å². The molecule has 12 heteroatoms. The third-order valence-electron chi connectivity index (χ3n) is 8.07. The summed E-state index contributed by atoms with van der Waals surface area (Å²) >= 11 is 6.14. The van der Waals surface area contributed by atoms with Gasteiger partial charge in [-0.05, 0) is 43.0 Å². The zero-order valence-electron chi connectivity index (χ0n) is 22.0. The van der Waals surface area contributed by atoms with E-state index in [-0.39, 0.29) is 42.0 Å². The van der Waals surface area contributed by atoms with Crippen molar-refractivity contribution in [2.24, 2.45) is 11.8 Å². The van der Waals surface area contributed by atoms with Crippen LogP contribution in [0, 0.1) is 17.7 Å². The zero-order valence-corrected chi connectivity index (χ0v) is 22.8. The van der Waals surface area contributed by atoms with E-state index in [4.69, 9.17) is 16.3 Å². The Bertz CT molecular complexity index is 1170. The molecule has 2 amide bonds. The number of nitrogens with zero attached hydrogens (tertiary/aromatic N) is 4. The molecule has 3 atom stereocenters. The van der Waals surface area contributed by atoms with Gasteiger partial charge in [0.15, 0.2) is 11.6 Å². The molecule has 3 N–H and O–H groups in total. The van der Waals surface area contributed by atoms with E-state index in [1.54, 1.807) is 0 Å². The van der Waals surface area contributed by atoms with Gasteiger partial charge < -0.3 is 15.0 Å². The number of anilines is 2. The van der Waals surface area contributed by atoms with Crippen LogP contribution in [0.25, 0.3) is 0 Å². The van der Waals surface area contributed by atoms with E-state index >= 15 is 4.39 Å². The highest BCUT2D eigenvalue weighted by Crippen LogP contribution is 2.36. The molecule has 0 spiro atoms. The quantitative estimate of drug-likeness (QED) is 0.298. The Hall–Kier alpha value is -3.18. The number of carbonyl (C=O) groups excluding carboxylic acids is 2. The maximum Gasteiger partial charge on any atom is 0.407 e. The number of likely N-dealkylation sites (tertiary alicyclic amines) is 1. The number of hydrogen-bond donors (Lipinski definition) is 3. The van der Waals surface area contributed by atoms with Gasteiger partial charge in [-0.3, -0.25) is 20.5 Å². The number of hydrogen-bond acceptors (Lipinski definition) is 8. The van der Waals surface area contributed by atoms with Crippen molar-refractivity contribution in [1.82, 2.24) is 25.6 Å². The van der Waals surface area contributed by atoms with Crippen LogP contribution in [0.5, 0.6) is 0 Å². The van der Waals surface area contributed by atoms with Crippen molar-refractivity contribution in [2.75, 3.05) is 37.0 Å². The lowest BCUT2D eigenvalue weighted by Crippen LogP contribution is -2.45. The molecule has 2 aromatic rings. The number of benzene rings is 1. The molecule has 0 unspecified atom stereocenters. The Morgan fingerprint density at radius 1 is 1.15 bits per heavy atom. The number of fused-ring (bicyclic) bond motifs is 2. The van der Waals surface area contributed by atoms with E-state index in [1.807, 2.05) is 35.2 Å². The van der Waals surface area contributed by atoms with E-state index < -0.39 is 17.8 Å². The lowest BCUT2D eigenvalue weighted by Gasteiger charge is -2.33. The molecule has 10 nitrogen and oxygen atoms in total. The maximum absolute atomic E-state index is 15.5. The predicted octanol–water partition coefficient (Wildman–Crippen LogP) is 3.73. The Balaban J connectivity index is 1.19. The third-order valence-corrected chi connectivity index (χ3v) is 8.24. The summed E-state index contributed by atoms with van der Waals surface area (Å²) in [5.41, 5.74) is 6.07. The van der Waals surface area contributed by atoms with Crippen molar-refractivity contribution < 1.29 is 18.7 Å². The highest BCUT2D eigenvalue weighted by atomic mass is 35.5. The summed E-state index contributed by atoms with van der Waals surface area (Å²) in [6.07, 6.45) is 5.30. The van der Waals surface area contributed by atoms with Crippen LogP contribution in [0.4, 0.5) is 20.8 Å². The summed E-state index contributed by atoms with van der Waals surface area (Å²) in [6, 6.07) is 9.87. The number of alkyl carbamates (subject to hydrolysis) is 1. The second-order valence-corrected chi connectivity index (χ2v) is 11.1. The molecule has 1 aromatic heterocycles. The van der Waals surface area contributed by atoms with Gasteiger partial charge in [-0.15, -0.1) is 0 Å². The van der Waals surface area contributed by atoms with Gasteiger partial charge >= 0.3 is 6.09 Å². The number of rotatable bonds is 10. The monoisotopic (exact) mass is 559 g/mol. The molecule has 2 saturated heterocycles. The minimum atomic E-state index is -0.662. The standard InChI is InChI=1S/C27H35ClFN7O3/c1-35-14-21-12-20(35)15-36(21)24-22(29)23(31-26(28)32-24)33-34-25(37)19(11-17-7-5-6-8-17)13-30-27(38)39-16-18-9-3-2-4-10-18/h2-4,9-10,17,19-21H,5-8,11-16H2,1H3,(H,30,38)(H,34,37)(H,31,32,33)/t19-,20+,21+/m1/s1. The van der Waals surface area contributed by atoms with Crippen LogP contribution in [-0.4, -0.2) is 65.6 Å².